The molecule has 2 aromatic rings. The summed E-state index contributed by atoms with van der Waals surface area (Å²) in [5, 5.41) is 3.37. The van der Waals surface area contributed by atoms with Crippen molar-refractivity contribution < 1.29 is 13.5 Å². The van der Waals surface area contributed by atoms with Gasteiger partial charge in [-0.3, -0.25) is 4.98 Å². The van der Waals surface area contributed by atoms with E-state index in [0.717, 1.165) is 56.0 Å². The standard InChI is InChI=1S/C18H20F2N4O/c19-18(20)25-14-7-13(9-22-10-14)16-8-15(11-3-5-21-6-4-11)23-17(24-16)12-1-2-12/h7-12,18,21H,1-6H2. The first-order valence-corrected chi connectivity index (χ1v) is 8.69. The fraction of sp³-hybridized carbons (Fsp3) is 0.500. The first kappa shape index (κ1) is 16.3. The van der Waals surface area contributed by atoms with Gasteiger partial charge in [0.2, 0.25) is 0 Å². The molecule has 0 spiro atoms. The fourth-order valence-electron chi connectivity index (χ4n) is 3.21. The van der Waals surface area contributed by atoms with Gasteiger partial charge in [0.1, 0.15) is 11.6 Å². The molecule has 1 aliphatic heterocycles. The minimum atomic E-state index is -2.87. The van der Waals surface area contributed by atoms with Gasteiger partial charge in [0, 0.05) is 29.3 Å². The van der Waals surface area contributed by atoms with E-state index in [0.29, 0.717) is 17.4 Å². The van der Waals surface area contributed by atoms with E-state index >= 15 is 0 Å². The fourth-order valence-corrected chi connectivity index (χ4v) is 3.21. The van der Waals surface area contributed by atoms with Crippen LogP contribution in [0.3, 0.4) is 0 Å². The molecule has 0 radical (unpaired) electrons. The molecule has 7 heteroatoms. The van der Waals surface area contributed by atoms with Crippen molar-refractivity contribution in [3.8, 4) is 17.0 Å². The Bertz CT molecular complexity index is 746. The van der Waals surface area contributed by atoms with Crippen LogP contribution in [-0.4, -0.2) is 34.7 Å². The average molecular weight is 346 g/mol. The van der Waals surface area contributed by atoms with Gasteiger partial charge >= 0.3 is 6.61 Å². The van der Waals surface area contributed by atoms with E-state index < -0.39 is 6.61 Å². The van der Waals surface area contributed by atoms with Crippen molar-refractivity contribution in [3.63, 3.8) is 0 Å². The SMILES string of the molecule is FC(F)Oc1cncc(-c2cc(C3CCNCC3)nc(C3CC3)n2)c1. The Morgan fingerprint density at radius 3 is 2.52 bits per heavy atom. The molecule has 1 saturated heterocycles. The van der Waals surface area contributed by atoms with Crippen LogP contribution in [0.15, 0.2) is 24.5 Å². The Morgan fingerprint density at radius 1 is 1.00 bits per heavy atom. The molecule has 0 atom stereocenters. The van der Waals surface area contributed by atoms with E-state index in [1.807, 2.05) is 6.07 Å². The normalized spacial score (nSPS) is 18.5. The van der Waals surface area contributed by atoms with E-state index in [2.05, 4.69) is 20.0 Å². The first-order valence-electron chi connectivity index (χ1n) is 8.69. The predicted molar refractivity (Wildman–Crippen MR) is 88.7 cm³/mol. The first-order chi connectivity index (χ1) is 12.2. The van der Waals surface area contributed by atoms with E-state index in [4.69, 9.17) is 4.98 Å². The summed E-state index contributed by atoms with van der Waals surface area (Å²) < 4.78 is 29.4. The monoisotopic (exact) mass is 346 g/mol. The maximum Gasteiger partial charge on any atom is 0.387 e. The zero-order valence-corrected chi connectivity index (χ0v) is 13.8. The molecule has 0 aromatic carbocycles. The lowest BCUT2D eigenvalue weighted by atomic mass is 9.93. The number of piperidine rings is 1. The summed E-state index contributed by atoms with van der Waals surface area (Å²) in [4.78, 5) is 13.5. The minimum Gasteiger partial charge on any atom is -0.433 e. The van der Waals surface area contributed by atoms with Gasteiger partial charge in [0.15, 0.2) is 0 Å². The van der Waals surface area contributed by atoms with Crippen molar-refractivity contribution in [2.75, 3.05) is 13.1 Å². The number of aromatic nitrogens is 3. The minimum absolute atomic E-state index is 0.0440. The Balaban J connectivity index is 1.69. The van der Waals surface area contributed by atoms with Crippen molar-refractivity contribution in [2.45, 2.75) is 44.1 Å². The summed E-state index contributed by atoms with van der Waals surface area (Å²) in [5.74, 6) is 1.75. The molecule has 1 aliphatic carbocycles. The largest absolute Gasteiger partial charge is 0.433 e. The summed E-state index contributed by atoms with van der Waals surface area (Å²) in [5.41, 5.74) is 2.46. The van der Waals surface area contributed by atoms with Gasteiger partial charge < -0.3 is 10.1 Å². The highest BCUT2D eigenvalue weighted by molar-refractivity contribution is 5.60. The van der Waals surface area contributed by atoms with Crippen LogP contribution in [0.25, 0.3) is 11.3 Å². The molecule has 1 N–H and O–H groups in total. The number of hydrogen-bond donors (Lipinski definition) is 1. The second-order valence-corrected chi connectivity index (χ2v) is 6.62. The number of nitrogens with zero attached hydrogens (tertiary/aromatic N) is 3. The summed E-state index contributed by atoms with van der Waals surface area (Å²) in [6.07, 6.45) is 7.24. The molecule has 2 fully saturated rings. The van der Waals surface area contributed by atoms with E-state index in [1.165, 1.54) is 6.20 Å². The van der Waals surface area contributed by atoms with Crippen LogP contribution in [0.2, 0.25) is 0 Å². The van der Waals surface area contributed by atoms with Crippen LogP contribution in [0.1, 0.15) is 49.0 Å². The third-order valence-corrected chi connectivity index (χ3v) is 4.70. The van der Waals surface area contributed by atoms with Crippen LogP contribution in [-0.2, 0) is 0 Å². The lowest BCUT2D eigenvalue weighted by molar-refractivity contribution is -0.0500. The Hall–Kier alpha value is -2.15. The molecule has 2 aromatic heterocycles. The maximum absolute atomic E-state index is 12.5. The number of hydrogen-bond acceptors (Lipinski definition) is 5. The molecule has 2 aliphatic rings. The lowest BCUT2D eigenvalue weighted by Gasteiger charge is -2.23. The number of alkyl halides is 2. The molecule has 1 saturated carbocycles. The molecule has 4 rings (SSSR count). The Labute approximate surface area is 144 Å². The zero-order valence-electron chi connectivity index (χ0n) is 13.8. The summed E-state index contributed by atoms with van der Waals surface area (Å²) in [6, 6.07) is 3.54. The Kier molecular flexibility index (Phi) is 4.57. The highest BCUT2D eigenvalue weighted by atomic mass is 19.3. The molecule has 0 unspecified atom stereocenters. The van der Waals surface area contributed by atoms with E-state index in [9.17, 15) is 8.78 Å². The molecule has 3 heterocycles. The van der Waals surface area contributed by atoms with Gasteiger partial charge in [-0.05, 0) is 50.9 Å². The molecule has 132 valence electrons. The molecular weight excluding hydrogens is 326 g/mol. The molecule has 25 heavy (non-hydrogen) atoms. The van der Waals surface area contributed by atoms with Crippen molar-refractivity contribution in [1.29, 1.82) is 0 Å². The number of ether oxygens (including phenoxy) is 1. The summed E-state index contributed by atoms with van der Waals surface area (Å²) >= 11 is 0. The molecule has 0 bridgehead atoms. The second kappa shape index (κ2) is 7.00. The van der Waals surface area contributed by atoms with Gasteiger partial charge in [-0.25, -0.2) is 9.97 Å². The van der Waals surface area contributed by atoms with Crippen LogP contribution < -0.4 is 10.1 Å². The second-order valence-electron chi connectivity index (χ2n) is 6.62. The smallest absolute Gasteiger partial charge is 0.387 e. The van der Waals surface area contributed by atoms with Gasteiger partial charge in [0.25, 0.3) is 0 Å². The average Bonchev–Trinajstić information content (AvgIpc) is 3.47. The van der Waals surface area contributed by atoms with Crippen LogP contribution in [0.4, 0.5) is 8.78 Å². The third kappa shape index (κ3) is 3.92. The molecule has 0 amide bonds. The summed E-state index contributed by atoms with van der Waals surface area (Å²) in [6.45, 7) is -0.890. The van der Waals surface area contributed by atoms with E-state index in [-0.39, 0.29) is 5.75 Å². The van der Waals surface area contributed by atoms with Gasteiger partial charge in [0.05, 0.1) is 11.9 Å². The molecule has 5 nitrogen and oxygen atoms in total. The highest BCUT2D eigenvalue weighted by Gasteiger charge is 2.29. The van der Waals surface area contributed by atoms with Gasteiger partial charge in [-0.15, -0.1) is 0 Å². The van der Waals surface area contributed by atoms with Crippen molar-refractivity contribution in [1.82, 2.24) is 20.3 Å². The van der Waals surface area contributed by atoms with Crippen LogP contribution >= 0.6 is 0 Å². The van der Waals surface area contributed by atoms with Gasteiger partial charge in [-0.1, -0.05) is 0 Å². The lowest BCUT2D eigenvalue weighted by Crippen LogP contribution is -2.27. The predicted octanol–water partition coefficient (Wildman–Crippen LogP) is 3.48. The summed E-state index contributed by atoms with van der Waals surface area (Å²) in [7, 11) is 0. The van der Waals surface area contributed by atoms with Crippen molar-refractivity contribution >= 4 is 0 Å². The quantitative estimate of drug-likeness (QED) is 0.898. The zero-order chi connectivity index (χ0) is 17.2. The number of rotatable bonds is 5. The maximum atomic E-state index is 12.5. The number of pyridine rings is 1. The number of nitrogens with one attached hydrogen (secondary N) is 1. The Morgan fingerprint density at radius 2 is 1.80 bits per heavy atom. The van der Waals surface area contributed by atoms with Crippen molar-refractivity contribution in [3.05, 3.63) is 36.0 Å². The topological polar surface area (TPSA) is 59.9 Å². The van der Waals surface area contributed by atoms with Crippen LogP contribution in [0, 0.1) is 0 Å². The number of halogens is 2. The van der Waals surface area contributed by atoms with E-state index in [1.54, 1.807) is 12.3 Å². The van der Waals surface area contributed by atoms with Crippen LogP contribution in [0.5, 0.6) is 5.75 Å². The van der Waals surface area contributed by atoms with Crippen molar-refractivity contribution in [2.24, 2.45) is 0 Å². The van der Waals surface area contributed by atoms with Gasteiger partial charge in [-0.2, -0.15) is 8.78 Å². The third-order valence-electron chi connectivity index (χ3n) is 4.70. The highest BCUT2D eigenvalue weighted by Crippen LogP contribution is 2.40. The molecular formula is C18H20F2N4O.